The molecule has 1 aliphatic carbocycles. The maximum Gasteiger partial charge on any atom is 0.250 e. The molecule has 1 unspecified atom stereocenters. The first-order chi connectivity index (χ1) is 11.6. The number of nitrogens with zero attached hydrogens (tertiary/aromatic N) is 2. The van der Waals surface area contributed by atoms with Gasteiger partial charge in [-0.15, -0.1) is 0 Å². The summed E-state index contributed by atoms with van der Waals surface area (Å²) in [6.45, 7) is 0. The topological polar surface area (TPSA) is 54.6 Å². The number of benzene rings is 1. The standard InChI is InChI=1S/C19H21BrN2O2/c1-22-12-15(7-10-19(22)23)18(21-24)11-17(13-3-2-4-13)14-5-8-16(20)9-6-14/h5-10,12-13,17,24H,2-4,11H2,1H3/b21-18-. The van der Waals surface area contributed by atoms with Gasteiger partial charge in [0.15, 0.2) is 0 Å². The van der Waals surface area contributed by atoms with E-state index in [9.17, 15) is 10.0 Å². The van der Waals surface area contributed by atoms with Gasteiger partial charge in [0.25, 0.3) is 0 Å². The first kappa shape index (κ1) is 17.0. The Morgan fingerprint density at radius 2 is 2.00 bits per heavy atom. The Labute approximate surface area is 150 Å². The summed E-state index contributed by atoms with van der Waals surface area (Å²) in [6.07, 6.45) is 6.10. The van der Waals surface area contributed by atoms with Crippen LogP contribution in [0.25, 0.3) is 0 Å². The third-order valence-electron chi connectivity index (χ3n) is 4.97. The Morgan fingerprint density at radius 3 is 2.54 bits per heavy atom. The van der Waals surface area contributed by atoms with E-state index in [1.807, 2.05) is 0 Å². The molecule has 1 aromatic carbocycles. The van der Waals surface area contributed by atoms with Gasteiger partial charge in [-0.1, -0.05) is 39.6 Å². The SMILES string of the molecule is Cn1cc(/C(CC(c2ccc(Br)cc2)C2CCC2)=N\O)ccc1=O. The second-order valence-corrected chi connectivity index (χ2v) is 7.38. The molecule has 4 nitrogen and oxygen atoms in total. The van der Waals surface area contributed by atoms with E-state index < -0.39 is 0 Å². The molecule has 0 amide bonds. The summed E-state index contributed by atoms with van der Waals surface area (Å²) in [7, 11) is 1.71. The highest BCUT2D eigenvalue weighted by Crippen LogP contribution is 2.42. The molecule has 0 aliphatic heterocycles. The van der Waals surface area contributed by atoms with E-state index in [1.54, 1.807) is 19.3 Å². The lowest BCUT2D eigenvalue weighted by molar-refractivity contribution is 0.261. The third kappa shape index (κ3) is 3.61. The fourth-order valence-electron chi connectivity index (χ4n) is 3.30. The Bertz CT molecular complexity index is 792. The predicted molar refractivity (Wildman–Crippen MR) is 98.8 cm³/mol. The first-order valence-electron chi connectivity index (χ1n) is 8.22. The normalized spacial score (nSPS) is 16.7. The number of aromatic nitrogens is 1. The van der Waals surface area contributed by atoms with Crippen molar-refractivity contribution in [3.8, 4) is 0 Å². The van der Waals surface area contributed by atoms with Gasteiger partial charge in [-0.25, -0.2) is 0 Å². The van der Waals surface area contributed by atoms with Crippen LogP contribution >= 0.6 is 15.9 Å². The van der Waals surface area contributed by atoms with Gasteiger partial charge >= 0.3 is 0 Å². The molecule has 5 heteroatoms. The van der Waals surface area contributed by atoms with Crippen molar-refractivity contribution >= 4 is 21.6 Å². The highest BCUT2D eigenvalue weighted by molar-refractivity contribution is 9.10. The van der Waals surface area contributed by atoms with Crippen LogP contribution in [0, 0.1) is 5.92 Å². The van der Waals surface area contributed by atoms with E-state index in [-0.39, 0.29) is 5.56 Å². The number of hydrogen-bond donors (Lipinski definition) is 1. The molecule has 3 rings (SSSR count). The lowest BCUT2D eigenvalue weighted by Gasteiger charge is -2.34. The molecule has 0 bridgehead atoms. The van der Waals surface area contributed by atoms with Crippen molar-refractivity contribution in [1.82, 2.24) is 4.57 Å². The highest BCUT2D eigenvalue weighted by atomic mass is 79.9. The molecule has 1 aromatic heterocycles. The number of halogens is 1. The Balaban J connectivity index is 1.89. The van der Waals surface area contributed by atoms with Gasteiger partial charge in [-0.3, -0.25) is 4.79 Å². The van der Waals surface area contributed by atoms with Gasteiger partial charge in [0.2, 0.25) is 5.56 Å². The van der Waals surface area contributed by atoms with Crippen molar-refractivity contribution in [2.24, 2.45) is 18.1 Å². The molecule has 0 spiro atoms. The lowest BCUT2D eigenvalue weighted by Crippen LogP contribution is -2.24. The number of hydrogen-bond acceptors (Lipinski definition) is 3. The summed E-state index contributed by atoms with van der Waals surface area (Å²) in [5.41, 5.74) is 2.62. The van der Waals surface area contributed by atoms with Crippen LogP contribution in [0.5, 0.6) is 0 Å². The predicted octanol–water partition coefficient (Wildman–Crippen LogP) is 4.30. The quantitative estimate of drug-likeness (QED) is 0.471. The molecule has 1 aliphatic rings. The van der Waals surface area contributed by atoms with Gasteiger partial charge in [-0.05, 0) is 48.4 Å². The zero-order valence-electron chi connectivity index (χ0n) is 13.7. The lowest BCUT2D eigenvalue weighted by atomic mass is 9.71. The molecule has 1 atom stereocenters. The van der Waals surface area contributed by atoms with E-state index in [0.717, 1.165) is 10.0 Å². The summed E-state index contributed by atoms with van der Waals surface area (Å²) in [6, 6.07) is 11.6. The van der Waals surface area contributed by atoms with E-state index in [2.05, 4.69) is 45.4 Å². The maximum atomic E-state index is 11.6. The molecule has 1 heterocycles. The Kier molecular flexibility index (Phi) is 5.19. The van der Waals surface area contributed by atoms with Crippen LogP contribution in [0.3, 0.4) is 0 Å². The Morgan fingerprint density at radius 1 is 1.29 bits per heavy atom. The molecule has 1 fully saturated rings. The largest absolute Gasteiger partial charge is 0.411 e. The van der Waals surface area contributed by atoms with Crippen molar-refractivity contribution in [2.45, 2.75) is 31.6 Å². The van der Waals surface area contributed by atoms with E-state index in [0.29, 0.717) is 24.0 Å². The van der Waals surface area contributed by atoms with Crippen LogP contribution in [0.4, 0.5) is 0 Å². The highest BCUT2D eigenvalue weighted by Gasteiger charge is 2.30. The average molecular weight is 389 g/mol. The van der Waals surface area contributed by atoms with Gasteiger partial charge in [0.1, 0.15) is 0 Å². The zero-order valence-corrected chi connectivity index (χ0v) is 15.2. The minimum atomic E-state index is -0.0699. The van der Waals surface area contributed by atoms with E-state index in [1.165, 1.54) is 35.5 Å². The summed E-state index contributed by atoms with van der Waals surface area (Å²) >= 11 is 3.48. The van der Waals surface area contributed by atoms with Crippen LogP contribution in [0.1, 0.15) is 42.7 Å². The molecule has 1 N–H and O–H groups in total. The first-order valence-corrected chi connectivity index (χ1v) is 9.01. The second-order valence-electron chi connectivity index (χ2n) is 6.47. The molecular weight excluding hydrogens is 368 g/mol. The summed E-state index contributed by atoms with van der Waals surface area (Å²) in [4.78, 5) is 11.6. The minimum Gasteiger partial charge on any atom is -0.411 e. The minimum absolute atomic E-state index is 0.0699. The summed E-state index contributed by atoms with van der Waals surface area (Å²) in [5, 5.41) is 13.1. The fourth-order valence-corrected chi connectivity index (χ4v) is 3.56. The van der Waals surface area contributed by atoms with E-state index in [4.69, 9.17) is 0 Å². The number of pyridine rings is 1. The molecule has 1 saturated carbocycles. The van der Waals surface area contributed by atoms with E-state index >= 15 is 0 Å². The summed E-state index contributed by atoms with van der Waals surface area (Å²) in [5.74, 6) is 0.949. The second kappa shape index (κ2) is 7.34. The fraction of sp³-hybridized carbons (Fsp3) is 0.368. The van der Waals surface area contributed by atoms with Gasteiger partial charge in [-0.2, -0.15) is 0 Å². The summed E-state index contributed by atoms with van der Waals surface area (Å²) < 4.78 is 2.58. The average Bonchev–Trinajstić information content (AvgIpc) is 2.53. The molecular formula is C19H21BrN2O2. The van der Waals surface area contributed by atoms with Crippen molar-refractivity contribution in [2.75, 3.05) is 0 Å². The van der Waals surface area contributed by atoms with Crippen LogP contribution < -0.4 is 5.56 Å². The van der Waals surface area contributed by atoms with Gasteiger partial charge < -0.3 is 9.77 Å². The van der Waals surface area contributed by atoms with Crippen LogP contribution in [-0.4, -0.2) is 15.5 Å². The van der Waals surface area contributed by atoms with Gasteiger partial charge in [0, 0.05) is 35.8 Å². The monoisotopic (exact) mass is 388 g/mol. The van der Waals surface area contributed by atoms with Gasteiger partial charge in [0.05, 0.1) is 5.71 Å². The molecule has 2 aromatic rings. The van der Waals surface area contributed by atoms with Crippen LogP contribution in [0.2, 0.25) is 0 Å². The molecule has 126 valence electrons. The van der Waals surface area contributed by atoms with Crippen molar-refractivity contribution in [3.63, 3.8) is 0 Å². The van der Waals surface area contributed by atoms with Crippen molar-refractivity contribution in [1.29, 1.82) is 0 Å². The number of rotatable bonds is 5. The smallest absolute Gasteiger partial charge is 0.250 e. The molecule has 24 heavy (non-hydrogen) atoms. The number of aryl methyl sites for hydroxylation is 1. The maximum absolute atomic E-state index is 11.6. The van der Waals surface area contributed by atoms with Crippen molar-refractivity contribution in [3.05, 3.63) is 68.5 Å². The van der Waals surface area contributed by atoms with Crippen LogP contribution in [0.15, 0.2) is 57.0 Å². The zero-order chi connectivity index (χ0) is 17.1. The molecule has 0 saturated heterocycles. The Hall–Kier alpha value is -1.88. The van der Waals surface area contributed by atoms with Crippen LogP contribution in [-0.2, 0) is 7.05 Å². The third-order valence-corrected chi connectivity index (χ3v) is 5.50. The molecule has 0 radical (unpaired) electrons. The number of oxime groups is 1. The van der Waals surface area contributed by atoms with Crippen molar-refractivity contribution < 1.29 is 5.21 Å².